The first-order chi connectivity index (χ1) is 6.81. The molecule has 3 heteroatoms. The van der Waals surface area contributed by atoms with Gasteiger partial charge in [0, 0.05) is 10.6 Å². The van der Waals surface area contributed by atoms with Crippen molar-refractivity contribution in [2.24, 2.45) is 0 Å². The second-order valence-electron chi connectivity index (χ2n) is 2.53. The molecule has 0 N–H and O–H groups in total. The summed E-state index contributed by atoms with van der Waals surface area (Å²) in [5.41, 5.74) is 0.858. The molecule has 0 spiro atoms. The number of nitrogens with zero attached hydrogens (tertiary/aromatic N) is 2. The minimum absolute atomic E-state index is 0.426. The zero-order valence-corrected chi connectivity index (χ0v) is 8.34. The summed E-state index contributed by atoms with van der Waals surface area (Å²) < 4.78 is 0. The van der Waals surface area contributed by atoms with Gasteiger partial charge in [-0.15, -0.1) is 18.3 Å². The van der Waals surface area contributed by atoms with Crippen LogP contribution >= 0.6 is 11.8 Å². The van der Waals surface area contributed by atoms with E-state index in [0.717, 1.165) is 10.6 Å². The molecule has 0 aromatic heterocycles. The molecule has 0 saturated heterocycles. The van der Waals surface area contributed by atoms with Crippen molar-refractivity contribution >= 4 is 11.8 Å². The predicted molar refractivity (Wildman–Crippen MR) is 56.8 cm³/mol. The van der Waals surface area contributed by atoms with Crippen LogP contribution in [0.4, 0.5) is 0 Å². The first-order valence-corrected chi connectivity index (χ1v) is 4.98. The molecule has 68 valence electrons. The van der Waals surface area contributed by atoms with Crippen molar-refractivity contribution in [1.82, 2.24) is 0 Å². The summed E-state index contributed by atoms with van der Waals surface area (Å²) >= 11 is 1.59. The quantitative estimate of drug-likeness (QED) is 0.556. The second-order valence-corrected chi connectivity index (χ2v) is 3.62. The first-order valence-electron chi connectivity index (χ1n) is 3.99. The van der Waals surface area contributed by atoms with Gasteiger partial charge in [0.15, 0.2) is 0 Å². The van der Waals surface area contributed by atoms with Gasteiger partial charge in [-0.2, -0.15) is 10.5 Å². The average Bonchev–Trinajstić information content (AvgIpc) is 2.25. The van der Waals surface area contributed by atoms with E-state index in [4.69, 9.17) is 10.5 Å². The minimum atomic E-state index is 0.426. The third-order valence-corrected chi connectivity index (χ3v) is 2.59. The van der Waals surface area contributed by atoms with E-state index in [-0.39, 0.29) is 0 Å². The van der Waals surface area contributed by atoms with Gasteiger partial charge < -0.3 is 0 Å². The number of thioether (sulfide) groups is 1. The molecule has 0 radical (unpaired) electrons. The molecule has 1 aromatic carbocycles. The molecule has 0 heterocycles. The number of hydrogen-bond donors (Lipinski definition) is 0. The Morgan fingerprint density at radius 2 is 2.00 bits per heavy atom. The van der Waals surface area contributed by atoms with Crippen LogP contribution in [-0.2, 0) is 0 Å². The highest BCUT2D eigenvalue weighted by molar-refractivity contribution is 7.99. The lowest BCUT2D eigenvalue weighted by atomic mass is 10.1. The van der Waals surface area contributed by atoms with Crippen LogP contribution in [0.25, 0.3) is 0 Å². The van der Waals surface area contributed by atoms with E-state index in [9.17, 15) is 0 Å². The van der Waals surface area contributed by atoms with Crippen molar-refractivity contribution in [2.75, 3.05) is 5.75 Å². The van der Waals surface area contributed by atoms with Gasteiger partial charge in [-0.1, -0.05) is 6.08 Å². The maximum atomic E-state index is 8.77. The van der Waals surface area contributed by atoms with Gasteiger partial charge >= 0.3 is 0 Å². The van der Waals surface area contributed by atoms with E-state index in [0.29, 0.717) is 11.1 Å². The molecule has 0 unspecified atom stereocenters. The third kappa shape index (κ3) is 2.39. The van der Waals surface area contributed by atoms with Gasteiger partial charge in [0.25, 0.3) is 0 Å². The fraction of sp³-hybridized carbons (Fsp3) is 0.0909. The van der Waals surface area contributed by atoms with Gasteiger partial charge in [0.05, 0.1) is 11.1 Å². The van der Waals surface area contributed by atoms with E-state index in [2.05, 4.69) is 6.58 Å². The molecule has 0 amide bonds. The standard InChI is InChI=1S/C11H8N2S/c1-2-5-14-11-4-3-9(7-12)10(6-11)8-13/h2-4,6H,1,5H2. The van der Waals surface area contributed by atoms with E-state index in [1.165, 1.54) is 0 Å². The molecular weight excluding hydrogens is 192 g/mol. The van der Waals surface area contributed by atoms with Crippen molar-refractivity contribution in [3.63, 3.8) is 0 Å². The summed E-state index contributed by atoms with van der Waals surface area (Å²) in [5, 5.41) is 17.5. The lowest BCUT2D eigenvalue weighted by Gasteiger charge is -1.99. The van der Waals surface area contributed by atoms with Crippen LogP contribution in [0.5, 0.6) is 0 Å². The first kappa shape index (κ1) is 10.4. The van der Waals surface area contributed by atoms with Crippen LogP contribution in [0.2, 0.25) is 0 Å². The molecule has 2 nitrogen and oxygen atoms in total. The number of hydrogen-bond acceptors (Lipinski definition) is 3. The molecule has 0 aliphatic rings. The minimum Gasteiger partial charge on any atom is -0.192 e. The van der Waals surface area contributed by atoms with Crippen LogP contribution in [0.15, 0.2) is 35.7 Å². The Kier molecular flexibility index (Phi) is 3.79. The van der Waals surface area contributed by atoms with E-state index in [1.54, 1.807) is 30.0 Å². The topological polar surface area (TPSA) is 47.6 Å². The SMILES string of the molecule is C=CCSc1ccc(C#N)c(C#N)c1. The summed E-state index contributed by atoms with van der Waals surface area (Å²) in [6.07, 6.45) is 1.80. The van der Waals surface area contributed by atoms with Crippen molar-refractivity contribution in [1.29, 1.82) is 10.5 Å². The van der Waals surface area contributed by atoms with Crippen LogP contribution in [-0.4, -0.2) is 5.75 Å². The second kappa shape index (κ2) is 5.11. The summed E-state index contributed by atoms with van der Waals surface area (Å²) in [6.45, 7) is 3.61. The number of nitriles is 2. The Labute approximate surface area is 87.5 Å². The fourth-order valence-electron chi connectivity index (χ4n) is 0.958. The summed E-state index contributed by atoms with van der Waals surface area (Å²) in [7, 11) is 0. The molecule has 14 heavy (non-hydrogen) atoms. The largest absolute Gasteiger partial charge is 0.192 e. The summed E-state index contributed by atoms with van der Waals surface area (Å²) in [4.78, 5) is 0.987. The Morgan fingerprint density at radius 3 is 2.57 bits per heavy atom. The molecule has 0 atom stereocenters. The van der Waals surface area contributed by atoms with E-state index in [1.807, 2.05) is 18.2 Å². The van der Waals surface area contributed by atoms with Crippen LogP contribution in [0.1, 0.15) is 11.1 Å². The van der Waals surface area contributed by atoms with Crippen molar-refractivity contribution in [3.05, 3.63) is 42.0 Å². The zero-order valence-electron chi connectivity index (χ0n) is 7.53. The van der Waals surface area contributed by atoms with Crippen LogP contribution in [0.3, 0.4) is 0 Å². The average molecular weight is 200 g/mol. The molecule has 1 rings (SSSR count). The Morgan fingerprint density at radius 1 is 1.29 bits per heavy atom. The monoisotopic (exact) mass is 200 g/mol. The van der Waals surface area contributed by atoms with Crippen LogP contribution < -0.4 is 0 Å². The zero-order chi connectivity index (χ0) is 10.4. The van der Waals surface area contributed by atoms with Gasteiger partial charge in [-0.3, -0.25) is 0 Å². The molecule has 1 aromatic rings. The van der Waals surface area contributed by atoms with Crippen LogP contribution in [0, 0.1) is 22.7 Å². The number of rotatable bonds is 3. The Hall–Kier alpha value is -1.71. The molecule has 0 saturated carbocycles. The van der Waals surface area contributed by atoms with E-state index >= 15 is 0 Å². The van der Waals surface area contributed by atoms with Gasteiger partial charge in [0.2, 0.25) is 0 Å². The van der Waals surface area contributed by atoms with E-state index < -0.39 is 0 Å². The molecule has 0 fully saturated rings. The lowest BCUT2D eigenvalue weighted by Crippen LogP contribution is -1.84. The fourth-order valence-corrected chi connectivity index (χ4v) is 1.63. The van der Waals surface area contributed by atoms with Crippen molar-refractivity contribution in [3.8, 4) is 12.1 Å². The molecule has 0 bridgehead atoms. The third-order valence-electron chi connectivity index (χ3n) is 1.60. The number of benzene rings is 1. The Bertz CT molecular complexity index is 424. The molecule has 0 aliphatic heterocycles. The molecule has 0 aliphatic carbocycles. The smallest absolute Gasteiger partial charge is 0.101 e. The summed E-state index contributed by atoms with van der Waals surface area (Å²) in [6, 6.07) is 9.22. The molecular formula is C11H8N2S. The van der Waals surface area contributed by atoms with Crippen molar-refractivity contribution in [2.45, 2.75) is 4.90 Å². The van der Waals surface area contributed by atoms with Crippen molar-refractivity contribution < 1.29 is 0 Å². The highest BCUT2D eigenvalue weighted by atomic mass is 32.2. The summed E-state index contributed by atoms with van der Waals surface area (Å²) in [5.74, 6) is 0.802. The maximum absolute atomic E-state index is 8.77. The Balaban J connectivity index is 2.98. The highest BCUT2D eigenvalue weighted by Gasteiger charge is 2.02. The highest BCUT2D eigenvalue weighted by Crippen LogP contribution is 2.20. The lowest BCUT2D eigenvalue weighted by molar-refractivity contribution is 1.36. The predicted octanol–water partition coefficient (Wildman–Crippen LogP) is 2.71. The van der Waals surface area contributed by atoms with Gasteiger partial charge in [-0.25, -0.2) is 0 Å². The van der Waals surface area contributed by atoms with Gasteiger partial charge in [0.1, 0.15) is 12.1 Å². The van der Waals surface area contributed by atoms with Gasteiger partial charge in [-0.05, 0) is 18.2 Å². The maximum Gasteiger partial charge on any atom is 0.101 e. The normalized spacial score (nSPS) is 8.71.